The van der Waals surface area contributed by atoms with Crippen LogP contribution in [0.15, 0.2) is 64.8 Å². The highest BCUT2D eigenvalue weighted by atomic mass is 32.1. The predicted octanol–water partition coefficient (Wildman–Crippen LogP) is 4.03. The van der Waals surface area contributed by atoms with Gasteiger partial charge in [-0.15, -0.1) is 5.10 Å². The average Bonchev–Trinajstić information content (AvgIpc) is 3.17. The molecule has 0 unspecified atom stereocenters. The number of carbonyl (C=O) groups excluding carboxylic acids is 1. The molecule has 5 nitrogen and oxygen atoms in total. The first-order valence-corrected chi connectivity index (χ1v) is 9.08. The van der Waals surface area contributed by atoms with Crippen molar-refractivity contribution in [3.63, 3.8) is 0 Å². The third-order valence-corrected chi connectivity index (χ3v) is 5.10. The molecule has 0 fully saturated rings. The Morgan fingerprint density at radius 1 is 1.04 bits per heavy atom. The molecule has 1 N–H and O–H groups in total. The largest absolute Gasteiger partial charge is 0.321 e. The van der Waals surface area contributed by atoms with Gasteiger partial charge in [0.25, 0.3) is 5.91 Å². The lowest BCUT2D eigenvalue weighted by Gasteiger charge is -2.07. The van der Waals surface area contributed by atoms with E-state index in [2.05, 4.69) is 14.9 Å². The molecule has 0 aliphatic rings. The Kier molecular flexibility index (Phi) is 4.09. The molecule has 0 saturated carbocycles. The number of amides is 1. The van der Waals surface area contributed by atoms with Gasteiger partial charge in [-0.2, -0.15) is 0 Å². The van der Waals surface area contributed by atoms with Crippen LogP contribution < -0.4 is 10.1 Å². The lowest BCUT2D eigenvalue weighted by atomic mass is 10.1. The molecule has 2 aromatic carbocycles. The highest BCUT2D eigenvalue weighted by Crippen LogP contribution is 2.22. The van der Waals surface area contributed by atoms with E-state index < -0.39 is 0 Å². The van der Waals surface area contributed by atoms with E-state index >= 15 is 0 Å². The van der Waals surface area contributed by atoms with Crippen LogP contribution in [0.25, 0.3) is 22.0 Å². The van der Waals surface area contributed by atoms with Gasteiger partial charge in [0.05, 0.1) is 4.88 Å². The van der Waals surface area contributed by atoms with Gasteiger partial charge in [0.1, 0.15) is 5.69 Å². The standard InChI is InChI=1S/C18H11N3O2S2/c22-17(16-9-11-4-1-2-7-14(11)18(23)25-16)19-13-6-3-5-12(8-13)15-10-24-21-20-15/h1-10H,(H,19,22). The summed E-state index contributed by atoms with van der Waals surface area (Å²) < 4.78 is 3.73. The number of anilines is 1. The van der Waals surface area contributed by atoms with Gasteiger partial charge < -0.3 is 5.32 Å². The van der Waals surface area contributed by atoms with E-state index in [1.54, 1.807) is 18.2 Å². The fourth-order valence-electron chi connectivity index (χ4n) is 2.49. The van der Waals surface area contributed by atoms with Gasteiger partial charge in [-0.25, -0.2) is 0 Å². The molecule has 7 heteroatoms. The van der Waals surface area contributed by atoms with Gasteiger partial charge in [0, 0.05) is 22.0 Å². The second-order valence-corrected chi connectivity index (χ2v) is 6.93. The monoisotopic (exact) mass is 365 g/mol. The van der Waals surface area contributed by atoms with E-state index in [4.69, 9.17) is 0 Å². The number of fused-ring (bicyclic) bond motifs is 1. The van der Waals surface area contributed by atoms with Crippen LogP contribution in [0.1, 0.15) is 9.67 Å². The van der Waals surface area contributed by atoms with Crippen molar-refractivity contribution < 1.29 is 4.79 Å². The second kappa shape index (κ2) is 6.54. The lowest BCUT2D eigenvalue weighted by Crippen LogP contribution is -2.12. The predicted molar refractivity (Wildman–Crippen MR) is 101 cm³/mol. The van der Waals surface area contributed by atoms with Crippen molar-refractivity contribution in [2.24, 2.45) is 0 Å². The van der Waals surface area contributed by atoms with Crippen LogP contribution in [0.2, 0.25) is 0 Å². The summed E-state index contributed by atoms with van der Waals surface area (Å²) in [6, 6.07) is 16.4. The number of benzene rings is 2. The maximum absolute atomic E-state index is 12.5. The molecule has 4 rings (SSSR count). The summed E-state index contributed by atoms with van der Waals surface area (Å²) in [4.78, 5) is 25.1. The van der Waals surface area contributed by atoms with E-state index in [0.29, 0.717) is 16.0 Å². The zero-order valence-corrected chi connectivity index (χ0v) is 14.4. The van der Waals surface area contributed by atoms with Crippen molar-refractivity contribution in [3.8, 4) is 11.3 Å². The van der Waals surface area contributed by atoms with Gasteiger partial charge in [0.15, 0.2) is 0 Å². The van der Waals surface area contributed by atoms with Crippen molar-refractivity contribution in [1.82, 2.24) is 9.59 Å². The summed E-state index contributed by atoms with van der Waals surface area (Å²) in [5, 5.41) is 10.1. The smallest absolute Gasteiger partial charge is 0.265 e. The van der Waals surface area contributed by atoms with Crippen LogP contribution in [0.3, 0.4) is 0 Å². The first-order chi connectivity index (χ1) is 12.2. The summed E-state index contributed by atoms with van der Waals surface area (Å²) in [5.41, 5.74) is 2.28. The maximum atomic E-state index is 12.5. The van der Waals surface area contributed by atoms with E-state index in [1.165, 1.54) is 11.5 Å². The topological polar surface area (TPSA) is 72.0 Å². The molecule has 0 aliphatic heterocycles. The molecule has 25 heavy (non-hydrogen) atoms. The Morgan fingerprint density at radius 2 is 1.92 bits per heavy atom. The summed E-state index contributed by atoms with van der Waals surface area (Å²) in [7, 11) is 0. The molecular weight excluding hydrogens is 354 g/mol. The molecule has 0 spiro atoms. The van der Waals surface area contributed by atoms with Crippen LogP contribution in [0, 0.1) is 0 Å². The van der Waals surface area contributed by atoms with E-state index in [9.17, 15) is 9.59 Å². The highest BCUT2D eigenvalue weighted by Gasteiger charge is 2.11. The lowest BCUT2D eigenvalue weighted by molar-refractivity contribution is 0.103. The number of carbonyl (C=O) groups is 1. The van der Waals surface area contributed by atoms with Crippen LogP contribution in [0.5, 0.6) is 0 Å². The minimum atomic E-state index is -0.304. The third-order valence-electron chi connectivity index (χ3n) is 3.67. The summed E-state index contributed by atoms with van der Waals surface area (Å²) in [6.07, 6.45) is 0. The SMILES string of the molecule is O=C(Nc1cccc(-c2csnn2)c1)c1cc2ccccc2c(=O)s1. The van der Waals surface area contributed by atoms with Crippen molar-refractivity contribution in [1.29, 1.82) is 0 Å². The Labute approximate surface area is 150 Å². The molecule has 0 atom stereocenters. The summed E-state index contributed by atoms with van der Waals surface area (Å²) >= 11 is 2.22. The molecule has 2 heterocycles. The molecule has 0 aliphatic carbocycles. The molecule has 0 saturated heterocycles. The minimum absolute atomic E-state index is 0.120. The number of hydrogen-bond acceptors (Lipinski definition) is 6. The molecule has 0 radical (unpaired) electrons. The molecular formula is C18H11N3O2S2. The molecule has 2 aromatic heterocycles. The molecule has 122 valence electrons. The number of rotatable bonds is 3. The van der Waals surface area contributed by atoms with Crippen LogP contribution in [-0.4, -0.2) is 15.5 Å². The van der Waals surface area contributed by atoms with Crippen LogP contribution in [0.4, 0.5) is 5.69 Å². The van der Waals surface area contributed by atoms with Crippen molar-refractivity contribution in [2.45, 2.75) is 0 Å². The normalized spacial score (nSPS) is 10.7. The fraction of sp³-hybridized carbons (Fsp3) is 0. The maximum Gasteiger partial charge on any atom is 0.265 e. The Hall–Kier alpha value is -2.90. The number of nitrogens with zero attached hydrogens (tertiary/aromatic N) is 2. The number of aromatic nitrogens is 2. The van der Waals surface area contributed by atoms with Gasteiger partial charge >= 0.3 is 0 Å². The highest BCUT2D eigenvalue weighted by molar-refractivity contribution is 7.12. The fourth-order valence-corrected chi connectivity index (χ4v) is 3.78. The summed E-state index contributed by atoms with van der Waals surface area (Å²) in [6.45, 7) is 0. The first-order valence-electron chi connectivity index (χ1n) is 7.42. The zero-order valence-electron chi connectivity index (χ0n) is 12.8. The van der Waals surface area contributed by atoms with E-state index in [-0.39, 0.29) is 10.6 Å². The van der Waals surface area contributed by atoms with Crippen LogP contribution >= 0.6 is 22.9 Å². The second-order valence-electron chi connectivity index (χ2n) is 5.31. The molecule has 4 aromatic rings. The number of nitrogens with one attached hydrogen (secondary N) is 1. The molecule has 1 amide bonds. The van der Waals surface area contributed by atoms with Gasteiger partial charge in [-0.1, -0.05) is 46.2 Å². The summed E-state index contributed by atoms with van der Waals surface area (Å²) in [5.74, 6) is -0.304. The molecule has 0 bridgehead atoms. The van der Waals surface area contributed by atoms with E-state index in [0.717, 1.165) is 28.0 Å². The Morgan fingerprint density at radius 3 is 2.76 bits per heavy atom. The van der Waals surface area contributed by atoms with Gasteiger partial charge in [-0.3, -0.25) is 9.59 Å². The number of hydrogen-bond donors (Lipinski definition) is 1. The quantitative estimate of drug-likeness (QED) is 0.595. The van der Waals surface area contributed by atoms with Crippen molar-refractivity contribution in [3.05, 3.63) is 74.4 Å². The van der Waals surface area contributed by atoms with Gasteiger partial charge in [0.2, 0.25) is 4.74 Å². The Balaban J connectivity index is 1.64. The van der Waals surface area contributed by atoms with Crippen molar-refractivity contribution >= 4 is 45.2 Å². The average molecular weight is 365 g/mol. The van der Waals surface area contributed by atoms with Crippen molar-refractivity contribution in [2.75, 3.05) is 5.32 Å². The zero-order chi connectivity index (χ0) is 17.2. The van der Waals surface area contributed by atoms with E-state index in [1.807, 2.05) is 41.8 Å². The minimum Gasteiger partial charge on any atom is -0.321 e. The first kappa shape index (κ1) is 15.6. The Bertz CT molecular complexity index is 1120. The van der Waals surface area contributed by atoms with Gasteiger partial charge in [-0.05, 0) is 41.2 Å². The van der Waals surface area contributed by atoms with Crippen LogP contribution in [-0.2, 0) is 0 Å². The third kappa shape index (κ3) is 3.19.